The number of sulfonamides is 1. The van der Waals surface area contributed by atoms with Crippen LogP contribution in [0.4, 0.5) is 5.69 Å². The third-order valence-corrected chi connectivity index (χ3v) is 7.03. The third-order valence-electron chi connectivity index (χ3n) is 5.23. The largest absolute Gasteiger partial charge is 0.354 e. The molecule has 0 saturated carbocycles. The van der Waals surface area contributed by atoms with Crippen molar-refractivity contribution in [2.24, 2.45) is 0 Å². The van der Waals surface area contributed by atoms with Gasteiger partial charge in [-0.15, -0.1) is 0 Å². The highest BCUT2D eigenvalue weighted by Crippen LogP contribution is 2.28. The molecule has 0 aliphatic rings. The molecule has 0 aromatic heterocycles. The number of rotatable bonds is 11. The van der Waals surface area contributed by atoms with Gasteiger partial charge in [-0.2, -0.15) is 0 Å². The van der Waals surface area contributed by atoms with E-state index in [9.17, 15) is 18.0 Å². The summed E-state index contributed by atoms with van der Waals surface area (Å²) in [5, 5.41) is 2.87. The Hall–Kier alpha value is -2.39. The number of nitrogens with zero attached hydrogens (tertiary/aromatic N) is 2. The zero-order valence-corrected chi connectivity index (χ0v) is 21.9. The first kappa shape index (κ1) is 26.9. The zero-order valence-electron chi connectivity index (χ0n) is 19.5. The lowest BCUT2D eigenvalue weighted by atomic mass is 10.1. The van der Waals surface area contributed by atoms with E-state index in [1.54, 1.807) is 31.2 Å². The number of amides is 2. The van der Waals surface area contributed by atoms with E-state index in [2.05, 4.69) is 21.2 Å². The monoisotopic (exact) mass is 537 g/mol. The average Bonchev–Trinajstić information content (AvgIpc) is 2.75. The van der Waals surface area contributed by atoms with E-state index >= 15 is 0 Å². The van der Waals surface area contributed by atoms with Crippen molar-refractivity contribution in [1.29, 1.82) is 0 Å². The van der Waals surface area contributed by atoms with Crippen LogP contribution < -0.4 is 9.62 Å². The lowest BCUT2D eigenvalue weighted by Crippen LogP contribution is -2.51. The lowest BCUT2D eigenvalue weighted by Gasteiger charge is -2.31. The van der Waals surface area contributed by atoms with Crippen molar-refractivity contribution in [2.75, 3.05) is 23.7 Å². The second-order valence-electron chi connectivity index (χ2n) is 8.05. The van der Waals surface area contributed by atoms with Crippen LogP contribution in [0.2, 0.25) is 0 Å². The summed E-state index contributed by atoms with van der Waals surface area (Å²) in [6, 6.07) is 13.7. The van der Waals surface area contributed by atoms with E-state index in [1.807, 2.05) is 38.1 Å². The second kappa shape index (κ2) is 12.2. The summed E-state index contributed by atoms with van der Waals surface area (Å²) in [5.74, 6) is -0.730. The van der Waals surface area contributed by atoms with Crippen molar-refractivity contribution in [1.82, 2.24) is 10.2 Å². The Bertz CT molecular complexity index is 1070. The molecule has 1 atom stereocenters. The third kappa shape index (κ3) is 7.85. The summed E-state index contributed by atoms with van der Waals surface area (Å²) >= 11 is 3.37. The number of aryl methyl sites for hydroxylation is 1. The normalized spacial score (nSPS) is 12.2. The first-order valence-corrected chi connectivity index (χ1v) is 13.5. The summed E-state index contributed by atoms with van der Waals surface area (Å²) < 4.78 is 26.8. The van der Waals surface area contributed by atoms with E-state index in [0.29, 0.717) is 16.7 Å². The van der Waals surface area contributed by atoms with E-state index in [-0.39, 0.29) is 12.5 Å². The highest BCUT2D eigenvalue weighted by atomic mass is 79.9. The summed E-state index contributed by atoms with van der Waals surface area (Å²) in [4.78, 5) is 27.7. The van der Waals surface area contributed by atoms with Gasteiger partial charge >= 0.3 is 0 Å². The van der Waals surface area contributed by atoms with Gasteiger partial charge < -0.3 is 10.2 Å². The Balaban J connectivity index is 2.36. The quantitative estimate of drug-likeness (QED) is 0.441. The van der Waals surface area contributed by atoms with Crippen molar-refractivity contribution >= 4 is 43.5 Å². The molecule has 0 unspecified atom stereocenters. The van der Waals surface area contributed by atoms with Crippen LogP contribution in [0.25, 0.3) is 0 Å². The highest BCUT2D eigenvalue weighted by Gasteiger charge is 2.30. The summed E-state index contributed by atoms with van der Waals surface area (Å²) in [6.45, 7) is 5.95. The van der Waals surface area contributed by atoms with Crippen molar-refractivity contribution in [3.05, 3.63) is 64.1 Å². The maximum Gasteiger partial charge on any atom is 0.244 e. The Kier molecular flexibility index (Phi) is 9.91. The van der Waals surface area contributed by atoms with Crippen LogP contribution in [0.15, 0.2) is 53.0 Å². The van der Waals surface area contributed by atoms with Gasteiger partial charge in [0.2, 0.25) is 21.8 Å². The van der Waals surface area contributed by atoms with Gasteiger partial charge in [-0.3, -0.25) is 13.9 Å². The van der Waals surface area contributed by atoms with Crippen LogP contribution >= 0.6 is 15.9 Å². The molecule has 2 aromatic carbocycles. The van der Waals surface area contributed by atoms with Crippen LogP contribution in [0.3, 0.4) is 0 Å². The molecule has 0 fully saturated rings. The number of hydrogen-bond donors (Lipinski definition) is 1. The Morgan fingerprint density at radius 2 is 1.82 bits per heavy atom. The van der Waals surface area contributed by atoms with E-state index < -0.39 is 28.5 Å². The van der Waals surface area contributed by atoms with E-state index in [0.717, 1.165) is 34.5 Å². The van der Waals surface area contributed by atoms with Crippen LogP contribution in [0, 0.1) is 6.92 Å². The molecular weight excluding hydrogens is 506 g/mol. The number of benzene rings is 2. The number of anilines is 1. The van der Waals surface area contributed by atoms with Crippen molar-refractivity contribution < 1.29 is 18.0 Å². The standard InChI is InChI=1S/C24H32BrN3O4S/c1-5-6-14-26-24(30)19(3)27(16-20-11-9-10-18(2)15-20)23(29)17-28(33(4,31)32)22-13-8-7-12-21(22)25/h7-13,15,19H,5-6,14,16-17H2,1-4H3,(H,26,30)/t19-/m0/s1. The molecule has 2 aromatic rings. The molecule has 0 heterocycles. The number of para-hydroxylation sites is 1. The smallest absolute Gasteiger partial charge is 0.244 e. The van der Waals surface area contributed by atoms with Crippen LogP contribution in [-0.2, 0) is 26.2 Å². The molecule has 0 aliphatic carbocycles. The summed E-state index contributed by atoms with van der Waals surface area (Å²) in [5.41, 5.74) is 2.26. The predicted molar refractivity (Wildman–Crippen MR) is 135 cm³/mol. The molecular formula is C24H32BrN3O4S. The number of unbranched alkanes of at least 4 members (excludes halogenated alkanes) is 1. The Morgan fingerprint density at radius 1 is 1.12 bits per heavy atom. The highest BCUT2D eigenvalue weighted by molar-refractivity contribution is 9.10. The van der Waals surface area contributed by atoms with Gasteiger partial charge in [0.15, 0.2) is 0 Å². The molecule has 180 valence electrons. The minimum Gasteiger partial charge on any atom is -0.354 e. The molecule has 9 heteroatoms. The fraction of sp³-hybridized carbons (Fsp3) is 0.417. The Morgan fingerprint density at radius 3 is 2.42 bits per heavy atom. The summed E-state index contributed by atoms with van der Waals surface area (Å²) in [6.07, 6.45) is 2.84. The fourth-order valence-electron chi connectivity index (χ4n) is 3.37. The van der Waals surface area contributed by atoms with E-state index in [1.165, 1.54) is 4.90 Å². The lowest BCUT2D eigenvalue weighted by molar-refractivity contribution is -0.139. The molecule has 0 aliphatic heterocycles. The summed E-state index contributed by atoms with van der Waals surface area (Å²) in [7, 11) is -3.76. The molecule has 33 heavy (non-hydrogen) atoms. The number of carbonyl (C=O) groups is 2. The predicted octanol–water partition coefficient (Wildman–Crippen LogP) is 3.86. The first-order chi connectivity index (χ1) is 15.5. The van der Waals surface area contributed by atoms with E-state index in [4.69, 9.17) is 0 Å². The minimum absolute atomic E-state index is 0.191. The van der Waals surface area contributed by atoms with Crippen LogP contribution in [-0.4, -0.2) is 50.5 Å². The number of hydrogen-bond acceptors (Lipinski definition) is 4. The molecule has 0 saturated heterocycles. The van der Waals surface area contributed by atoms with Gasteiger partial charge in [0.1, 0.15) is 12.6 Å². The molecule has 2 amide bonds. The Labute approximate surface area is 205 Å². The SMILES string of the molecule is CCCCNC(=O)[C@H](C)N(Cc1cccc(C)c1)C(=O)CN(c1ccccc1Br)S(C)(=O)=O. The molecule has 7 nitrogen and oxygen atoms in total. The minimum atomic E-state index is -3.76. The van der Waals surface area contributed by atoms with Gasteiger partial charge in [-0.25, -0.2) is 8.42 Å². The fourth-order valence-corrected chi connectivity index (χ4v) is 4.85. The maximum atomic E-state index is 13.5. The zero-order chi connectivity index (χ0) is 24.6. The maximum absolute atomic E-state index is 13.5. The van der Waals surface area contributed by atoms with Gasteiger partial charge in [0.05, 0.1) is 11.9 Å². The van der Waals surface area contributed by atoms with Crippen molar-refractivity contribution in [2.45, 2.75) is 46.2 Å². The number of nitrogens with one attached hydrogen (secondary N) is 1. The van der Waals surface area contributed by atoms with Crippen LogP contribution in [0.5, 0.6) is 0 Å². The first-order valence-electron chi connectivity index (χ1n) is 10.9. The van der Waals surface area contributed by atoms with Crippen molar-refractivity contribution in [3.8, 4) is 0 Å². The number of halogens is 1. The average molecular weight is 539 g/mol. The van der Waals surface area contributed by atoms with Gasteiger partial charge in [-0.05, 0) is 53.9 Å². The molecule has 0 radical (unpaired) electrons. The molecule has 0 spiro atoms. The molecule has 0 bridgehead atoms. The van der Waals surface area contributed by atoms with Crippen molar-refractivity contribution in [3.63, 3.8) is 0 Å². The second-order valence-corrected chi connectivity index (χ2v) is 10.8. The number of carbonyl (C=O) groups excluding carboxylic acids is 2. The van der Waals surface area contributed by atoms with Gasteiger partial charge in [0, 0.05) is 17.6 Å². The molecule has 1 N–H and O–H groups in total. The topological polar surface area (TPSA) is 86.8 Å². The van der Waals surface area contributed by atoms with Gasteiger partial charge in [0.25, 0.3) is 0 Å². The molecule has 2 rings (SSSR count). The van der Waals surface area contributed by atoms with Gasteiger partial charge in [-0.1, -0.05) is 55.3 Å². The van der Waals surface area contributed by atoms with Crippen LogP contribution in [0.1, 0.15) is 37.8 Å².